The molecule has 5 nitrogen and oxygen atoms in total. The molecule has 1 aromatic rings. The first kappa shape index (κ1) is 10.8. The molecule has 1 fully saturated rings. The number of aryl methyl sites for hydroxylation is 1. The molecule has 1 aliphatic heterocycles. The van der Waals surface area contributed by atoms with E-state index in [4.69, 9.17) is 21.7 Å². The third-order valence-electron chi connectivity index (χ3n) is 2.43. The van der Waals surface area contributed by atoms with Gasteiger partial charge in [-0.15, -0.1) is 0 Å². The number of ether oxygens (including phenoxy) is 2. The minimum atomic E-state index is -0.592. The molecule has 0 bridgehead atoms. The summed E-state index contributed by atoms with van der Waals surface area (Å²) in [5.41, 5.74) is 0. The fourth-order valence-electron chi connectivity index (χ4n) is 1.57. The van der Waals surface area contributed by atoms with Crippen LogP contribution < -0.4 is 0 Å². The van der Waals surface area contributed by atoms with Crippen molar-refractivity contribution >= 4 is 12.2 Å². The normalized spacial score (nSPS) is 20.4. The monoisotopic (exact) mass is 229 g/mol. The van der Waals surface area contributed by atoms with E-state index in [2.05, 4.69) is 5.10 Å². The fraction of sp³-hybridized carbons (Fsp3) is 0.778. The van der Waals surface area contributed by atoms with E-state index in [0.29, 0.717) is 11.3 Å². The van der Waals surface area contributed by atoms with Crippen LogP contribution >= 0.6 is 12.2 Å². The van der Waals surface area contributed by atoms with Gasteiger partial charge < -0.3 is 14.0 Å². The lowest BCUT2D eigenvalue weighted by Gasteiger charge is -2.33. The van der Waals surface area contributed by atoms with Crippen molar-refractivity contribution in [3.8, 4) is 0 Å². The van der Waals surface area contributed by atoms with Gasteiger partial charge in [-0.05, 0) is 25.6 Å². The summed E-state index contributed by atoms with van der Waals surface area (Å²) in [6.45, 7) is 3.92. The molecule has 2 rings (SSSR count). The van der Waals surface area contributed by atoms with Crippen molar-refractivity contribution in [1.29, 1.82) is 0 Å². The first-order chi connectivity index (χ1) is 7.11. The largest absolute Gasteiger partial charge is 0.348 e. The second kappa shape index (κ2) is 4.03. The van der Waals surface area contributed by atoms with Crippen LogP contribution in [-0.4, -0.2) is 33.3 Å². The van der Waals surface area contributed by atoms with E-state index in [0.717, 1.165) is 19.6 Å². The zero-order valence-corrected chi connectivity index (χ0v) is 9.79. The lowest BCUT2D eigenvalue weighted by Crippen LogP contribution is -2.41. The van der Waals surface area contributed by atoms with Gasteiger partial charge >= 0.3 is 0 Å². The molecule has 0 unspecified atom stereocenters. The Morgan fingerprint density at radius 3 is 2.73 bits per heavy atom. The maximum absolute atomic E-state index is 5.60. The molecule has 0 radical (unpaired) electrons. The van der Waals surface area contributed by atoms with Gasteiger partial charge in [0, 0.05) is 7.05 Å². The number of nitrogens with zero attached hydrogens (tertiary/aromatic N) is 3. The zero-order valence-electron chi connectivity index (χ0n) is 8.97. The topological polar surface area (TPSA) is 41.2 Å². The van der Waals surface area contributed by atoms with E-state index < -0.39 is 5.79 Å². The Balaban J connectivity index is 2.13. The lowest BCUT2D eigenvalue weighted by molar-refractivity contribution is -0.263. The van der Waals surface area contributed by atoms with Crippen LogP contribution in [0.1, 0.15) is 13.3 Å². The summed E-state index contributed by atoms with van der Waals surface area (Å²) in [5.74, 6) is -0.592. The minimum Gasteiger partial charge on any atom is -0.348 e. The smallest absolute Gasteiger partial charge is 0.197 e. The first-order valence-electron chi connectivity index (χ1n) is 4.97. The Bertz CT molecular complexity index is 392. The molecular formula is C9H15N3O2S. The number of rotatable bonds is 2. The molecule has 15 heavy (non-hydrogen) atoms. The van der Waals surface area contributed by atoms with Crippen LogP contribution in [0.4, 0.5) is 0 Å². The van der Waals surface area contributed by atoms with Crippen LogP contribution in [0.15, 0.2) is 6.33 Å². The van der Waals surface area contributed by atoms with Crippen molar-refractivity contribution in [3.05, 3.63) is 11.1 Å². The molecular weight excluding hydrogens is 214 g/mol. The Labute approximate surface area is 93.6 Å². The zero-order chi connectivity index (χ0) is 10.9. The standard InChI is InChI=1S/C9H15N3O2S/c1-9(13-4-3-5-14-9)6-12-8(15)11(2)7-10-12/h7H,3-6H2,1-2H3. The third-order valence-corrected chi connectivity index (χ3v) is 2.93. The first-order valence-corrected chi connectivity index (χ1v) is 5.38. The fourth-order valence-corrected chi connectivity index (χ4v) is 1.73. The van der Waals surface area contributed by atoms with E-state index in [-0.39, 0.29) is 0 Å². The maximum atomic E-state index is 5.60. The summed E-state index contributed by atoms with van der Waals surface area (Å²) in [5, 5.41) is 4.17. The van der Waals surface area contributed by atoms with Gasteiger partial charge in [0.1, 0.15) is 6.33 Å². The van der Waals surface area contributed by atoms with Crippen molar-refractivity contribution in [2.45, 2.75) is 25.7 Å². The molecule has 0 amide bonds. The second-order valence-electron chi connectivity index (χ2n) is 3.87. The number of aromatic nitrogens is 3. The van der Waals surface area contributed by atoms with Gasteiger partial charge in [0.15, 0.2) is 10.6 Å². The summed E-state index contributed by atoms with van der Waals surface area (Å²) in [7, 11) is 1.87. The lowest BCUT2D eigenvalue weighted by atomic mass is 10.3. The van der Waals surface area contributed by atoms with E-state index in [1.54, 1.807) is 15.6 Å². The van der Waals surface area contributed by atoms with Crippen molar-refractivity contribution in [2.24, 2.45) is 7.05 Å². The van der Waals surface area contributed by atoms with Crippen LogP contribution in [0, 0.1) is 4.77 Å². The molecule has 2 heterocycles. The number of hydrogen-bond donors (Lipinski definition) is 0. The van der Waals surface area contributed by atoms with Gasteiger partial charge in [-0.25, -0.2) is 4.68 Å². The summed E-state index contributed by atoms with van der Waals surface area (Å²) >= 11 is 5.20. The molecule has 0 saturated carbocycles. The van der Waals surface area contributed by atoms with E-state index in [1.165, 1.54) is 0 Å². The average molecular weight is 229 g/mol. The highest BCUT2D eigenvalue weighted by molar-refractivity contribution is 7.71. The van der Waals surface area contributed by atoms with E-state index in [1.807, 2.05) is 14.0 Å². The summed E-state index contributed by atoms with van der Waals surface area (Å²) < 4.78 is 15.4. The Hall–Kier alpha value is -0.720. The van der Waals surface area contributed by atoms with Crippen LogP contribution in [0.2, 0.25) is 0 Å². The number of hydrogen-bond acceptors (Lipinski definition) is 4. The van der Waals surface area contributed by atoms with Gasteiger partial charge in [-0.3, -0.25) is 0 Å². The van der Waals surface area contributed by atoms with Gasteiger partial charge in [0.25, 0.3) is 0 Å². The molecule has 6 heteroatoms. The second-order valence-corrected chi connectivity index (χ2v) is 4.23. The Morgan fingerprint density at radius 1 is 1.53 bits per heavy atom. The van der Waals surface area contributed by atoms with Crippen molar-refractivity contribution in [3.63, 3.8) is 0 Å². The van der Waals surface area contributed by atoms with Crippen molar-refractivity contribution < 1.29 is 9.47 Å². The molecule has 0 atom stereocenters. The summed E-state index contributed by atoms with van der Waals surface area (Å²) in [4.78, 5) is 0. The summed E-state index contributed by atoms with van der Waals surface area (Å²) in [6, 6.07) is 0. The Kier molecular flexibility index (Phi) is 2.90. The molecule has 0 aromatic carbocycles. The quantitative estimate of drug-likeness (QED) is 0.712. The van der Waals surface area contributed by atoms with Crippen LogP contribution in [0.5, 0.6) is 0 Å². The average Bonchev–Trinajstić information content (AvgIpc) is 2.50. The van der Waals surface area contributed by atoms with Gasteiger partial charge in [-0.2, -0.15) is 5.10 Å². The van der Waals surface area contributed by atoms with Gasteiger partial charge in [0.2, 0.25) is 0 Å². The van der Waals surface area contributed by atoms with E-state index in [9.17, 15) is 0 Å². The molecule has 1 aliphatic rings. The highest BCUT2D eigenvalue weighted by Gasteiger charge is 2.30. The maximum Gasteiger partial charge on any atom is 0.197 e. The summed E-state index contributed by atoms with van der Waals surface area (Å²) in [6.07, 6.45) is 2.64. The molecule has 0 N–H and O–H groups in total. The SMILES string of the molecule is Cn1cnn(CC2(C)OCCCO2)c1=S. The van der Waals surface area contributed by atoms with Crippen LogP contribution in [0.3, 0.4) is 0 Å². The minimum absolute atomic E-state index is 0.534. The van der Waals surface area contributed by atoms with Crippen LogP contribution in [-0.2, 0) is 23.1 Å². The molecule has 0 aliphatic carbocycles. The van der Waals surface area contributed by atoms with Crippen LogP contribution in [0.25, 0.3) is 0 Å². The highest BCUT2D eigenvalue weighted by atomic mass is 32.1. The molecule has 1 saturated heterocycles. The highest BCUT2D eigenvalue weighted by Crippen LogP contribution is 2.20. The third kappa shape index (κ3) is 2.27. The molecule has 84 valence electrons. The van der Waals surface area contributed by atoms with E-state index >= 15 is 0 Å². The molecule has 0 spiro atoms. The van der Waals surface area contributed by atoms with Gasteiger partial charge in [0.05, 0.1) is 19.8 Å². The predicted molar refractivity (Wildman–Crippen MR) is 57.0 cm³/mol. The Morgan fingerprint density at radius 2 is 2.20 bits per heavy atom. The van der Waals surface area contributed by atoms with Crippen molar-refractivity contribution in [1.82, 2.24) is 14.3 Å². The van der Waals surface area contributed by atoms with Crippen molar-refractivity contribution in [2.75, 3.05) is 13.2 Å². The predicted octanol–water partition coefficient (Wildman–Crippen LogP) is 1.10. The molecule has 1 aromatic heterocycles. The van der Waals surface area contributed by atoms with Gasteiger partial charge in [-0.1, -0.05) is 0 Å².